The number of carbonyl (C=O) groups excluding carboxylic acids is 1. The molecule has 3 rings (SSSR count). The van der Waals surface area contributed by atoms with Gasteiger partial charge in [-0.15, -0.1) is 0 Å². The normalized spacial score (nSPS) is 24.1. The molecular weight excluding hydrogens is 254 g/mol. The third-order valence-corrected chi connectivity index (χ3v) is 4.84. The number of carboxylic acid groups (broad SMARTS) is 1. The van der Waals surface area contributed by atoms with Crippen LogP contribution in [0.25, 0.3) is 0 Å². The minimum Gasteiger partial charge on any atom is -0.481 e. The van der Waals surface area contributed by atoms with Crippen molar-refractivity contribution >= 4 is 17.6 Å². The molecule has 1 atom stereocenters. The van der Waals surface area contributed by atoms with Gasteiger partial charge in [0.15, 0.2) is 0 Å². The maximum absolute atomic E-state index is 11.8. The molecule has 0 saturated heterocycles. The first-order valence-electron chi connectivity index (χ1n) is 7.23. The number of rotatable bonds is 2. The lowest BCUT2D eigenvalue weighted by Gasteiger charge is -2.34. The van der Waals surface area contributed by atoms with Gasteiger partial charge in [0.05, 0.1) is 11.3 Å². The van der Waals surface area contributed by atoms with E-state index in [-0.39, 0.29) is 11.8 Å². The van der Waals surface area contributed by atoms with Crippen LogP contribution in [0.3, 0.4) is 0 Å². The van der Waals surface area contributed by atoms with Gasteiger partial charge < -0.3 is 10.4 Å². The molecule has 2 N–H and O–H groups in total. The van der Waals surface area contributed by atoms with Crippen LogP contribution < -0.4 is 5.32 Å². The number of anilines is 1. The van der Waals surface area contributed by atoms with Crippen LogP contribution in [0.2, 0.25) is 0 Å². The number of fused-ring (bicyclic) bond motifs is 1. The van der Waals surface area contributed by atoms with E-state index >= 15 is 0 Å². The van der Waals surface area contributed by atoms with Crippen LogP contribution in [0, 0.1) is 0 Å². The van der Waals surface area contributed by atoms with Gasteiger partial charge in [0, 0.05) is 5.69 Å². The number of benzene rings is 1. The molecule has 2 aliphatic rings. The van der Waals surface area contributed by atoms with Crippen molar-refractivity contribution in [2.75, 3.05) is 5.32 Å². The smallest absolute Gasteiger partial charge is 0.314 e. The van der Waals surface area contributed by atoms with E-state index in [0.717, 1.165) is 36.1 Å². The SMILES string of the molecule is CC1C(=O)Nc2ccc(C3(C(=O)O)CCCCC3)cc21. The fraction of sp³-hybridized carbons (Fsp3) is 0.500. The van der Waals surface area contributed by atoms with Crippen molar-refractivity contribution in [2.45, 2.75) is 50.4 Å². The number of nitrogens with one attached hydrogen (secondary N) is 1. The zero-order chi connectivity index (χ0) is 14.3. The number of hydrogen-bond donors (Lipinski definition) is 2. The molecule has 1 aliphatic carbocycles. The number of carbonyl (C=O) groups is 2. The number of aliphatic carboxylic acids is 1. The van der Waals surface area contributed by atoms with Crippen molar-refractivity contribution < 1.29 is 14.7 Å². The Kier molecular flexibility index (Phi) is 3.04. The molecule has 20 heavy (non-hydrogen) atoms. The summed E-state index contributed by atoms with van der Waals surface area (Å²) >= 11 is 0. The lowest BCUT2D eigenvalue weighted by atomic mass is 9.69. The predicted molar refractivity (Wildman–Crippen MR) is 75.9 cm³/mol. The van der Waals surface area contributed by atoms with Crippen molar-refractivity contribution in [1.82, 2.24) is 0 Å². The average Bonchev–Trinajstić information content (AvgIpc) is 2.74. The van der Waals surface area contributed by atoms with E-state index in [2.05, 4.69) is 5.32 Å². The zero-order valence-electron chi connectivity index (χ0n) is 11.6. The lowest BCUT2D eigenvalue weighted by Crippen LogP contribution is -2.37. The van der Waals surface area contributed by atoms with Crippen LogP contribution in [-0.2, 0) is 15.0 Å². The van der Waals surface area contributed by atoms with Crippen LogP contribution in [0.5, 0.6) is 0 Å². The highest BCUT2D eigenvalue weighted by Crippen LogP contribution is 2.42. The summed E-state index contributed by atoms with van der Waals surface area (Å²) in [7, 11) is 0. The lowest BCUT2D eigenvalue weighted by molar-refractivity contribution is -0.145. The Morgan fingerprint density at radius 1 is 1.30 bits per heavy atom. The summed E-state index contributed by atoms with van der Waals surface area (Å²) in [6, 6.07) is 5.65. The molecule has 0 radical (unpaired) electrons. The Hall–Kier alpha value is -1.84. The second-order valence-corrected chi connectivity index (χ2v) is 5.96. The summed E-state index contributed by atoms with van der Waals surface area (Å²) in [4.78, 5) is 23.5. The minimum absolute atomic E-state index is 0.00910. The number of hydrogen-bond acceptors (Lipinski definition) is 2. The maximum Gasteiger partial charge on any atom is 0.314 e. The quantitative estimate of drug-likeness (QED) is 0.870. The first-order valence-corrected chi connectivity index (χ1v) is 7.23. The highest BCUT2D eigenvalue weighted by atomic mass is 16.4. The van der Waals surface area contributed by atoms with Gasteiger partial charge in [0.1, 0.15) is 0 Å². The van der Waals surface area contributed by atoms with Crippen LogP contribution in [0.4, 0.5) is 5.69 Å². The molecule has 0 spiro atoms. The standard InChI is InChI=1S/C16H19NO3/c1-10-12-9-11(5-6-13(12)17-14(10)18)16(15(19)20)7-3-2-4-8-16/h5-6,9-10H,2-4,7-8H2,1H3,(H,17,18)(H,19,20). The molecule has 4 nitrogen and oxygen atoms in total. The van der Waals surface area contributed by atoms with Crippen molar-refractivity contribution in [3.63, 3.8) is 0 Å². The zero-order valence-corrected chi connectivity index (χ0v) is 11.6. The van der Waals surface area contributed by atoms with E-state index in [1.807, 2.05) is 25.1 Å². The van der Waals surface area contributed by atoms with E-state index in [9.17, 15) is 14.7 Å². The Morgan fingerprint density at radius 3 is 2.65 bits per heavy atom. The van der Waals surface area contributed by atoms with Gasteiger partial charge in [0.2, 0.25) is 5.91 Å². The molecule has 4 heteroatoms. The summed E-state index contributed by atoms with van der Waals surface area (Å²) in [5, 5.41) is 12.6. The summed E-state index contributed by atoms with van der Waals surface area (Å²) in [6.07, 6.45) is 4.40. The fourth-order valence-corrected chi connectivity index (χ4v) is 3.50. The van der Waals surface area contributed by atoms with Crippen LogP contribution >= 0.6 is 0 Å². The molecule has 0 aromatic heterocycles. The Balaban J connectivity index is 2.06. The molecule has 106 valence electrons. The van der Waals surface area contributed by atoms with Gasteiger partial charge in [-0.2, -0.15) is 0 Å². The molecule has 1 aromatic rings. The first kappa shape index (κ1) is 13.2. The van der Waals surface area contributed by atoms with Crippen LogP contribution in [0.1, 0.15) is 56.1 Å². The fourth-order valence-electron chi connectivity index (χ4n) is 3.50. The highest BCUT2D eigenvalue weighted by molar-refractivity contribution is 6.02. The molecule has 1 amide bonds. The summed E-state index contributed by atoms with van der Waals surface area (Å²) in [5.41, 5.74) is 1.84. The van der Waals surface area contributed by atoms with Gasteiger partial charge in [-0.3, -0.25) is 9.59 Å². The van der Waals surface area contributed by atoms with Gasteiger partial charge in [-0.25, -0.2) is 0 Å². The third kappa shape index (κ3) is 1.82. The van der Waals surface area contributed by atoms with Gasteiger partial charge in [-0.1, -0.05) is 31.4 Å². The van der Waals surface area contributed by atoms with Crippen molar-refractivity contribution in [3.05, 3.63) is 29.3 Å². The third-order valence-electron chi connectivity index (χ3n) is 4.84. The van der Waals surface area contributed by atoms with Gasteiger partial charge in [0.25, 0.3) is 0 Å². The average molecular weight is 273 g/mol. The van der Waals surface area contributed by atoms with Crippen molar-refractivity contribution in [2.24, 2.45) is 0 Å². The predicted octanol–water partition coefficient (Wildman–Crippen LogP) is 3.03. The van der Waals surface area contributed by atoms with E-state index in [1.54, 1.807) is 0 Å². The number of amides is 1. The van der Waals surface area contributed by atoms with Crippen molar-refractivity contribution in [3.8, 4) is 0 Å². The minimum atomic E-state index is -0.765. The summed E-state index contributed by atoms with van der Waals surface area (Å²) in [5.74, 6) is -0.938. The second kappa shape index (κ2) is 4.62. The Morgan fingerprint density at radius 2 is 2.00 bits per heavy atom. The molecular formula is C16H19NO3. The van der Waals surface area contributed by atoms with Gasteiger partial charge in [-0.05, 0) is 37.0 Å². The Bertz CT molecular complexity index is 573. The molecule has 0 bridgehead atoms. The monoisotopic (exact) mass is 273 g/mol. The Labute approximate surface area is 118 Å². The van der Waals surface area contributed by atoms with E-state index in [0.29, 0.717) is 12.8 Å². The topological polar surface area (TPSA) is 66.4 Å². The molecule has 1 unspecified atom stereocenters. The summed E-state index contributed by atoms with van der Waals surface area (Å²) < 4.78 is 0. The van der Waals surface area contributed by atoms with E-state index in [1.165, 1.54) is 0 Å². The molecule has 1 saturated carbocycles. The second-order valence-electron chi connectivity index (χ2n) is 5.96. The molecule has 1 heterocycles. The summed E-state index contributed by atoms with van der Waals surface area (Å²) in [6.45, 7) is 1.86. The van der Waals surface area contributed by atoms with Crippen molar-refractivity contribution in [1.29, 1.82) is 0 Å². The molecule has 1 aromatic carbocycles. The van der Waals surface area contributed by atoms with E-state index < -0.39 is 11.4 Å². The van der Waals surface area contributed by atoms with Crippen LogP contribution in [-0.4, -0.2) is 17.0 Å². The van der Waals surface area contributed by atoms with E-state index in [4.69, 9.17) is 0 Å². The highest BCUT2D eigenvalue weighted by Gasteiger charge is 2.42. The largest absolute Gasteiger partial charge is 0.481 e. The first-order chi connectivity index (χ1) is 9.54. The van der Waals surface area contributed by atoms with Gasteiger partial charge >= 0.3 is 5.97 Å². The van der Waals surface area contributed by atoms with Crippen LogP contribution in [0.15, 0.2) is 18.2 Å². The maximum atomic E-state index is 11.8. The molecule has 1 fully saturated rings. The molecule has 1 aliphatic heterocycles. The number of carboxylic acids is 1.